The van der Waals surface area contributed by atoms with Crippen molar-refractivity contribution in [1.82, 2.24) is 9.78 Å². The maximum absolute atomic E-state index is 9.83. The molecule has 0 aliphatic heterocycles. The first-order valence-electron chi connectivity index (χ1n) is 5.56. The molecular weight excluding hydrogens is 247 g/mol. The van der Waals surface area contributed by atoms with Gasteiger partial charge in [-0.1, -0.05) is 11.6 Å². The molecule has 1 rings (SSSR count). The fourth-order valence-corrected chi connectivity index (χ4v) is 2.07. The van der Waals surface area contributed by atoms with Gasteiger partial charge in [0.05, 0.1) is 22.5 Å². The quantitative estimate of drug-likeness (QED) is 0.803. The number of aryl methyl sites for hydroxylation is 2. The average Bonchev–Trinajstić information content (AvgIpc) is 2.54. The van der Waals surface area contributed by atoms with Gasteiger partial charge in [-0.15, -0.1) is 11.6 Å². The number of hydrogen-bond donors (Lipinski definition) is 1. The molecule has 0 aromatic carbocycles. The summed E-state index contributed by atoms with van der Waals surface area (Å²) in [5, 5.41) is 14.8. The van der Waals surface area contributed by atoms with Crippen LogP contribution in [0.15, 0.2) is 0 Å². The zero-order chi connectivity index (χ0) is 12.1. The molecule has 0 bridgehead atoms. The van der Waals surface area contributed by atoms with Crippen molar-refractivity contribution in [1.29, 1.82) is 0 Å². The lowest BCUT2D eigenvalue weighted by molar-refractivity contribution is 0.161. The molecule has 1 atom stereocenters. The number of nitrogens with zero attached hydrogens (tertiary/aromatic N) is 2. The lowest BCUT2D eigenvalue weighted by atomic mass is 10.1. The maximum Gasteiger partial charge on any atom is 0.0848 e. The Morgan fingerprint density at radius 1 is 1.50 bits per heavy atom. The van der Waals surface area contributed by atoms with Crippen LogP contribution >= 0.6 is 23.2 Å². The Balaban J connectivity index is 2.71. The van der Waals surface area contributed by atoms with Gasteiger partial charge in [-0.05, 0) is 26.7 Å². The van der Waals surface area contributed by atoms with E-state index in [1.807, 2.05) is 18.5 Å². The molecule has 1 N–H and O–H groups in total. The van der Waals surface area contributed by atoms with Gasteiger partial charge in [0.15, 0.2) is 0 Å². The molecule has 1 unspecified atom stereocenters. The number of alkyl halides is 1. The zero-order valence-electron chi connectivity index (χ0n) is 9.71. The molecule has 0 saturated heterocycles. The van der Waals surface area contributed by atoms with Gasteiger partial charge in [-0.3, -0.25) is 4.68 Å². The Kier molecular flexibility index (Phi) is 5.59. The molecule has 1 aromatic rings. The van der Waals surface area contributed by atoms with E-state index in [0.717, 1.165) is 24.4 Å². The topological polar surface area (TPSA) is 38.0 Å². The van der Waals surface area contributed by atoms with Crippen LogP contribution in [0.4, 0.5) is 0 Å². The molecule has 3 nitrogen and oxygen atoms in total. The molecule has 92 valence electrons. The number of hydrogen-bond acceptors (Lipinski definition) is 2. The molecule has 16 heavy (non-hydrogen) atoms. The SMILES string of the molecule is CCn1nc(C)c(Cl)c1CC(O)CCCCl. The Morgan fingerprint density at radius 2 is 2.19 bits per heavy atom. The highest BCUT2D eigenvalue weighted by atomic mass is 35.5. The van der Waals surface area contributed by atoms with Gasteiger partial charge in [-0.25, -0.2) is 0 Å². The maximum atomic E-state index is 9.83. The van der Waals surface area contributed by atoms with Crippen molar-refractivity contribution in [3.63, 3.8) is 0 Å². The van der Waals surface area contributed by atoms with Gasteiger partial charge in [0.2, 0.25) is 0 Å². The van der Waals surface area contributed by atoms with E-state index in [-0.39, 0.29) is 0 Å². The standard InChI is InChI=1S/C11H18Cl2N2O/c1-3-15-10(11(13)8(2)14-15)7-9(16)5-4-6-12/h9,16H,3-7H2,1-2H3. The summed E-state index contributed by atoms with van der Waals surface area (Å²) in [5.74, 6) is 0.580. The summed E-state index contributed by atoms with van der Waals surface area (Å²) in [6.45, 7) is 4.66. The number of rotatable bonds is 6. The van der Waals surface area contributed by atoms with Crippen LogP contribution in [0.1, 0.15) is 31.2 Å². The van der Waals surface area contributed by atoms with E-state index in [1.54, 1.807) is 0 Å². The minimum absolute atomic E-state index is 0.391. The Morgan fingerprint density at radius 3 is 2.75 bits per heavy atom. The van der Waals surface area contributed by atoms with E-state index >= 15 is 0 Å². The summed E-state index contributed by atoms with van der Waals surface area (Å²) >= 11 is 11.7. The molecule has 5 heteroatoms. The van der Waals surface area contributed by atoms with E-state index < -0.39 is 6.10 Å². The van der Waals surface area contributed by atoms with Crippen LogP contribution in [0.5, 0.6) is 0 Å². The van der Waals surface area contributed by atoms with Crippen LogP contribution in [0.2, 0.25) is 5.02 Å². The molecule has 0 saturated carbocycles. The fraction of sp³-hybridized carbons (Fsp3) is 0.727. The van der Waals surface area contributed by atoms with Crippen molar-refractivity contribution in [2.24, 2.45) is 0 Å². The Hall–Kier alpha value is -0.250. The lowest BCUT2D eigenvalue weighted by Gasteiger charge is -2.11. The second-order valence-electron chi connectivity index (χ2n) is 3.85. The first kappa shape index (κ1) is 13.8. The van der Waals surface area contributed by atoms with Gasteiger partial charge in [0, 0.05) is 18.8 Å². The summed E-state index contributed by atoms with van der Waals surface area (Å²) in [6, 6.07) is 0. The summed E-state index contributed by atoms with van der Waals surface area (Å²) in [4.78, 5) is 0. The molecule has 0 radical (unpaired) electrons. The first-order chi connectivity index (χ1) is 7.60. The second kappa shape index (κ2) is 6.48. The second-order valence-corrected chi connectivity index (χ2v) is 4.61. The van der Waals surface area contributed by atoms with Gasteiger partial charge in [0.1, 0.15) is 0 Å². The van der Waals surface area contributed by atoms with Gasteiger partial charge in [-0.2, -0.15) is 5.10 Å². The summed E-state index contributed by atoms with van der Waals surface area (Å²) < 4.78 is 1.85. The Labute approximate surface area is 106 Å². The first-order valence-corrected chi connectivity index (χ1v) is 6.47. The minimum atomic E-state index is -0.391. The smallest absolute Gasteiger partial charge is 0.0848 e. The average molecular weight is 265 g/mol. The molecule has 0 amide bonds. The van der Waals surface area contributed by atoms with Crippen LogP contribution < -0.4 is 0 Å². The summed E-state index contributed by atoms with van der Waals surface area (Å²) in [7, 11) is 0. The molecular formula is C11H18Cl2N2O. The molecule has 1 aromatic heterocycles. The molecule has 0 aliphatic rings. The van der Waals surface area contributed by atoms with Crippen LogP contribution in [0.3, 0.4) is 0 Å². The van der Waals surface area contributed by atoms with E-state index in [2.05, 4.69) is 5.10 Å². The van der Waals surface area contributed by atoms with E-state index in [1.165, 1.54) is 0 Å². The Bertz CT molecular complexity index is 339. The van der Waals surface area contributed by atoms with Crippen molar-refractivity contribution in [3.05, 3.63) is 16.4 Å². The molecule has 0 fully saturated rings. The summed E-state index contributed by atoms with van der Waals surface area (Å²) in [6.07, 6.45) is 1.68. The number of halogens is 2. The monoisotopic (exact) mass is 264 g/mol. The fourth-order valence-electron chi connectivity index (χ4n) is 1.70. The minimum Gasteiger partial charge on any atom is -0.393 e. The highest BCUT2D eigenvalue weighted by Crippen LogP contribution is 2.22. The predicted molar refractivity (Wildman–Crippen MR) is 67.3 cm³/mol. The van der Waals surface area contributed by atoms with Crippen LogP contribution in [0, 0.1) is 6.92 Å². The van der Waals surface area contributed by atoms with Crippen molar-refractivity contribution in [2.75, 3.05) is 5.88 Å². The largest absolute Gasteiger partial charge is 0.393 e. The highest BCUT2D eigenvalue weighted by molar-refractivity contribution is 6.31. The van der Waals surface area contributed by atoms with Crippen molar-refractivity contribution >= 4 is 23.2 Å². The predicted octanol–water partition coefficient (Wildman–Crippen LogP) is 2.79. The van der Waals surface area contributed by atoms with Crippen molar-refractivity contribution in [2.45, 2.75) is 45.8 Å². The number of aliphatic hydroxyl groups excluding tert-OH is 1. The third kappa shape index (κ3) is 3.37. The van der Waals surface area contributed by atoms with E-state index in [9.17, 15) is 5.11 Å². The zero-order valence-corrected chi connectivity index (χ0v) is 11.2. The molecule has 0 aliphatic carbocycles. The molecule has 1 heterocycles. The van der Waals surface area contributed by atoms with Crippen LogP contribution in [-0.4, -0.2) is 26.9 Å². The van der Waals surface area contributed by atoms with Crippen LogP contribution in [-0.2, 0) is 13.0 Å². The van der Waals surface area contributed by atoms with E-state index in [4.69, 9.17) is 23.2 Å². The third-order valence-corrected chi connectivity index (χ3v) is 3.31. The van der Waals surface area contributed by atoms with Gasteiger partial charge < -0.3 is 5.11 Å². The van der Waals surface area contributed by atoms with Gasteiger partial charge >= 0.3 is 0 Å². The number of aromatic nitrogens is 2. The normalized spacial score (nSPS) is 13.1. The highest BCUT2D eigenvalue weighted by Gasteiger charge is 2.15. The van der Waals surface area contributed by atoms with Crippen LogP contribution in [0.25, 0.3) is 0 Å². The van der Waals surface area contributed by atoms with E-state index in [0.29, 0.717) is 23.7 Å². The lowest BCUT2D eigenvalue weighted by Crippen LogP contribution is -2.14. The summed E-state index contributed by atoms with van der Waals surface area (Å²) in [5.41, 5.74) is 1.74. The van der Waals surface area contributed by atoms with Gasteiger partial charge in [0.25, 0.3) is 0 Å². The van der Waals surface area contributed by atoms with Crippen molar-refractivity contribution in [3.8, 4) is 0 Å². The number of aliphatic hydroxyl groups is 1. The molecule has 0 spiro atoms. The van der Waals surface area contributed by atoms with Crippen molar-refractivity contribution < 1.29 is 5.11 Å². The third-order valence-electron chi connectivity index (χ3n) is 2.55.